The third-order valence-electron chi connectivity index (χ3n) is 5.86. The number of aromatic amines is 1. The van der Waals surface area contributed by atoms with Crippen LogP contribution in [0.4, 0.5) is 19.0 Å². The average molecular weight is 499 g/mol. The summed E-state index contributed by atoms with van der Waals surface area (Å²) in [5.41, 5.74) is -1.17. The minimum atomic E-state index is -4.56. The molecule has 0 bridgehead atoms. The number of halogens is 3. The van der Waals surface area contributed by atoms with Gasteiger partial charge in [-0.25, -0.2) is 15.0 Å². The third-order valence-corrected chi connectivity index (χ3v) is 5.86. The van der Waals surface area contributed by atoms with Crippen LogP contribution in [-0.4, -0.2) is 30.6 Å². The van der Waals surface area contributed by atoms with Crippen molar-refractivity contribution in [3.05, 3.63) is 75.6 Å². The number of pyridine rings is 1. The first-order chi connectivity index (χ1) is 17.2. The summed E-state index contributed by atoms with van der Waals surface area (Å²) in [5, 5.41) is 20.1. The number of anilines is 1. The van der Waals surface area contributed by atoms with E-state index in [1.165, 1.54) is 12.4 Å². The number of nitriles is 1. The first-order valence-corrected chi connectivity index (χ1v) is 11.4. The number of nitrogens with one attached hydrogen (secondary N) is 3. The number of nitrogens with zero attached hydrogens (tertiary/aromatic N) is 5. The molecule has 1 fully saturated rings. The monoisotopic (exact) mass is 498 g/mol. The molecule has 0 saturated heterocycles. The van der Waals surface area contributed by atoms with Crippen LogP contribution in [0.5, 0.6) is 0 Å². The maximum atomic E-state index is 12.8. The molecule has 1 aliphatic carbocycles. The second-order valence-electron chi connectivity index (χ2n) is 7.96. The zero-order valence-electron chi connectivity index (χ0n) is 19.9. The highest BCUT2D eigenvalue weighted by Crippen LogP contribution is 2.47. The van der Waals surface area contributed by atoms with Gasteiger partial charge in [0.25, 0.3) is 5.56 Å². The molecule has 1 aliphatic rings. The van der Waals surface area contributed by atoms with Gasteiger partial charge in [0.2, 0.25) is 0 Å². The molecule has 3 heterocycles. The van der Waals surface area contributed by atoms with Gasteiger partial charge >= 0.3 is 6.18 Å². The van der Waals surface area contributed by atoms with Gasteiger partial charge in [-0.15, -0.1) is 0 Å². The van der Waals surface area contributed by atoms with E-state index in [1.54, 1.807) is 25.4 Å². The molecule has 0 radical (unpaired) electrons. The van der Waals surface area contributed by atoms with Crippen molar-refractivity contribution < 1.29 is 13.2 Å². The van der Waals surface area contributed by atoms with Crippen molar-refractivity contribution in [2.75, 3.05) is 5.32 Å². The van der Waals surface area contributed by atoms with Crippen molar-refractivity contribution in [1.29, 1.82) is 10.7 Å². The summed E-state index contributed by atoms with van der Waals surface area (Å²) in [4.78, 5) is 31.6. The van der Waals surface area contributed by atoms with Crippen molar-refractivity contribution in [2.45, 2.75) is 57.7 Å². The maximum absolute atomic E-state index is 12.8. The molecule has 0 spiro atoms. The summed E-state index contributed by atoms with van der Waals surface area (Å²) >= 11 is 0. The van der Waals surface area contributed by atoms with Crippen LogP contribution < -0.4 is 10.9 Å². The third kappa shape index (κ3) is 5.56. The van der Waals surface area contributed by atoms with E-state index in [-0.39, 0.29) is 23.2 Å². The van der Waals surface area contributed by atoms with Gasteiger partial charge in [0, 0.05) is 24.5 Å². The van der Waals surface area contributed by atoms with Crippen molar-refractivity contribution in [1.82, 2.24) is 24.9 Å². The first kappa shape index (κ1) is 26.5. The van der Waals surface area contributed by atoms with Gasteiger partial charge in [-0.05, 0) is 42.9 Å². The second kappa shape index (κ2) is 11.1. The highest BCUT2D eigenvalue weighted by atomic mass is 19.4. The molecule has 9 nitrogen and oxygen atoms in total. The number of alkyl halides is 3. The summed E-state index contributed by atoms with van der Waals surface area (Å²) in [5.74, 6) is 0.329. The van der Waals surface area contributed by atoms with Gasteiger partial charge in [0.05, 0.1) is 6.04 Å². The fourth-order valence-corrected chi connectivity index (χ4v) is 3.90. The minimum Gasteiger partial charge on any atom is -0.363 e. The predicted molar refractivity (Wildman–Crippen MR) is 127 cm³/mol. The van der Waals surface area contributed by atoms with Gasteiger partial charge in [-0.1, -0.05) is 19.9 Å². The first-order valence-electron chi connectivity index (χ1n) is 11.4. The summed E-state index contributed by atoms with van der Waals surface area (Å²) in [7, 11) is 0. The molecule has 1 saturated carbocycles. The molecule has 3 aromatic heterocycles. The van der Waals surface area contributed by atoms with Crippen LogP contribution in [0.15, 0.2) is 41.8 Å². The van der Waals surface area contributed by atoms with E-state index in [4.69, 9.17) is 5.41 Å². The smallest absolute Gasteiger partial charge is 0.363 e. The molecule has 12 heteroatoms. The summed E-state index contributed by atoms with van der Waals surface area (Å²) in [6, 6.07) is 3.17. The van der Waals surface area contributed by atoms with E-state index in [0.717, 1.165) is 30.7 Å². The normalized spacial score (nSPS) is 17.6. The van der Waals surface area contributed by atoms with E-state index < -0.39 is 29.2 Å². The number of hydrogen-bond acceptors (Lipinski definition) is 8. The zero-order valence-corrected chi connectivity index (χ0v) is 19.9. The van der Waals surface area contributed by atoms with Crippen LogP contribution in [0, 0.1) is 16.7 Å². The largest absolute Gasteiger partial charge is 0.433 e. The topological polar surface area (TPSA) is 144 Å². The molecular weight excluding hydrogens is 473 g/mol. The van der Waals surface area contributed by atoms with Crippen LogP contribution >= 0.6 is 0 Å². The molecule has 3 atom stereocenters. The Labute approximate surface area is 205 Å². The summed E-state index contributed by atoms with van der Waals surface area (Å²) < 4.78 is 38.5. The van der Waals surface area contributed by atoms with Gasteiger partial charge in [0.1, 0.15) is 41.0 Å². The summed E-state index contributed by atoms with van der Waals surface area (Å²) in [6.45, 7) is 5.65. The van der Waals surface area contributed by atoms with Crippen molar-refractivity contribution in [3.8, 4) is 6.07 Å². The number of aromatic nitrogens is 5. The standard InChI is InChI=1S/C22H19F3N8O.C2H6/c1-11(12-2-5-17(30-9-12)22(23,24)25)31-20-18(16(27)6-26)21(34)33-19(32-20)15-4-3-14(15)13-7-28-10-29-8-13;1-2/h2,5,7-11,14-15,27H,3-4H2,1H3,(H2,31,32,33,34);1-2H3/t11-,14?,15?;/m0./s1. The Hall–Kier alpha value is -4.14. The highest BCUT2D eigenvalue weighted by Gasteiger charge is 2.36. The zero-order chi connectivity index (χ0) is 26.5. The van der Waals surface area contributed by atoms with E-state index in [9.17, 15) is 23.2 Å². The molecule has 3 aromatic rings. The van der Waals surface area contributed by atoms with Crippen LogP contribution in [-0.2, 0) is 6.18 Å². The van der Waals surface area contributed by atoms with E-state index in [1.807, 2.05) is 13.8 Å². The van der Waals surface area contributed by atoms with Gasteiger partial charge < -0.3 is 10.3 Å². The Kier molecular flexibility index (Phi) is 8.14. The fourth-order valence-electron chi connectivity index (χ4n) is 3.90. The Balaban J connectivity index is 0.00000176. The fraction of sp³-hybridized carbons (Fsp3) is 0.375. The second-order valence-corrected chi connectivity index (χ2v) is 7.96. The lowest BCUT2D eigenvalue weighted by atomic mass is 9.70. The van der Waals surface area contributed by atoms with E-state index in [0.29, 0.717) is 11.4 Å². The Morgan fingerprint density at radius 3 is 2.39 bits per heavy atom. The molecule has 188 valence electrons. The molecule has 2 unspecified atom stereocenters. The number of H-pyrrole nitrogens is 1. The summed E-state index contributed by atoms with van der Waals surface area (Å²) in [6.07, 6.45) is 2.99. The molecule has 4 rings (SSSR count). The maximum Gasteiger partial charge on any atom is 0.433 e. The average Bonchev–Trinajstić information content (AvgIpc) is 2.84. The molecule has 0 aromatic carbocycles. The highest BCUT2D eigenvalue weighted by molar-refractivity contribution is 6.12. The van der Waals surface area contributed by atoms with E-state index in [2.05, 4.69) is 30.2 Å². The predicted octanol–water partition coefficient (Wildman–Crippen LogP) is 4.73. The molecule has 3 N–H and O–H groups in total. The molecular formula is C24H25F3N8O. The van der Waals surface area contributed by atoms with Crippen LogP contribution in [0.1, 0.15) is 79.7 Å². The molecule has 0 aliphatic heterocycles. The molecule has 0 amide bonds. The lowest BCUT2D eigenvalue weighted by molar-refractivity contribution is -0.141. The quantitative estimate of drug-likeness (QED) is 0.417. The van der Waals surface area contributed by atoms with Gasteiger partial charge in [0.15, 0.2) is 0 Å². The van der Waals surface area contributed by atoms with Gasteiger partial charge in [-0.2, -0.15) is 18.4 Å². The Morgan fingerprint density at radius 2 is 1.86 bits per heavy atom. The number of hydrogen-bond donors (Lipinski definition) is 3. The SMILES string of the molecule is CC.C[C@H](Nc1nc(C2CCC2c2cncnc2)[nH]c(=O)c1C(=N)C#N)c1ccc(C(F)(F)F)nc1. The Bertz CT molecular complexity index is 1300. The van der Waals surface area contributed by atoms with Crippen LogP contribution in [0.25, 0.3) is 0 Å². The van der Waals surface area contributed by atoms with Crippen molar-refractivity contribution >= 4 is 11.5 Å². The lowest BCUT2D eigenvalue weighted by Crippen LogP contribution is -2.30. The van der Waals surface area contributed by atoms with E-state index >= 15 is 0 Å². The Morgan fingerprint density at radius 1 is 1.19 bits per heavy atom. The van der Waals surface area contributed by atoms with Crippen LogP contribution in [0.3, 0.4) is 0 Å². The van der Waals surface area contributed by atoms with Gasteiger partial charge in [-0.3, -0.25) is 15.2 Å². The number of rotatable bonds is 6. The minimum absolute atomic E-state index is 0.00709. The lowest BCUT2D eigenvalue weighted by Gasteiger charge is -2.36. The molecule has 36 heavy (non-hydrogen) atoms. The van der Waals surface area contributed by atoms with Crippen molar-refractivity contribution in [3.63, 3.8) is 0 Å². The van der Waals surface area contributed by atoms with Crippen LogP contribution in [0.2, 0.25) is 0 Å². The van der Waals surface area contributed by atoms with Crippen molar-refractivity contribution in [2.24, 2.45) is 0 Å².